The third-order valence-electron chi connectivity index (χ3n) is 4.61. The van der Waals surface area contributed by atoms with Gasteiger partial charge in [0.2, 0.25) is 0 Å². The van der Waals surface area contributed by atoms with E-state index in [0.29, 0.717) is 26.9 Å². The van der Waals surface area contributed by atoms with Crippen molar-refractivity contribution in [3.05, 3.63) is 55.9 Å². The minimum atomic E-state index is -0.355. The average Bonchev–Trinajstić information content (AvgIpc) is 2.70. The van der Waals surface area contributed by atoms with Gasteiger partial charge in [0.25, 0.3) is 5.91 Å². The predicted octanol–water partition coefficient (Wildman–Crippen LogP) is 3.67. The Morgan fingerprint density at radius 3 is 2.29 bits per heavy atom. The maximum Gasteiger partial charge on any atom is 0.265 e. The molecule has 2 aromatic rings. The summed E-state index contributed by atoms with van der Waals surface area (Å²) >= 11 is 12.9. The highest BCUT2D eigenvalue weighted by Crippen LogP contribution is 2.34. The number of hydrogen-bond donors (Lipinski definition) is 2. The molecule has 0 saturated carbocycles. The summed E-state index contributed by atoms with van der Waals surface area (Å²) < 4.78 is 7.34. The number of hydrogen-bond acceptors (Lipinski definition) is 5. The highest BCUT2D eigenvalue weighted by Gasteiger charge is 2.18. The molecule has 1 amide bonds. The molecule has 6 nitrogen and oxygen atoms in total. The van der Waals surface area contributed by atoms with Crippen molar-refractivity contribution in [3.63, 3.8) is 0 Å². The van der Waals surface area contributed by atoms with Crippen molar-refractivity contribution in [2.45, 2.75) is 0 Å². The van der Waals surface area contributed by atoms with Gasteiger partial charge in [-0.3, -0.25) is 15.1 Å². The van der Waals surface area contributed by atoms with E-state index < -0.39 is 0 Å². The number of nitrogens with two attached hydrogens (primary N) is 1. The van der Waals surface area contributed by atoms with Crippen LogP contribution in [0.15, 0.2) is 45.3 Å². The lowest BCUT2D eigenvalue weighted by atomic mass is 10.2. The van der Waals surface area contributed by atoms with Crippen LogP contribution in [0.2, 0.25) is 5.02 Å². The van der Waals surface area contributed by atoms with E-state index >= 15 is 0 Å². The second kappa shape index (κ2) is 9.93. The second-order valence-corrected chi connectivity index (χ2v) is 8.54. The minimum Gasteiger partial charge on any atom is -0.490 e. The van der Waals surface area contributed by atoms with Crippen LogP contribution < -0.4 is 20.9 Å². The van der Waals surface area contributed by atoms with Gasteiger partial charge in [0.1, 0.15) is 12.4 Å². The molecule has 0 aromatic heterocycles. The molecule has 150 valence electrons. The number of anilines is 1. The van der Waals surface area contributed by atoms with Crippen LogP contribution in [0.3, 0.4) is 0 Å². The maximum absolute atomic E-state index is 11.7. The molecule has 1 fully saturated rings. The summed E-state index contributed by atoms with van der Waals surface area (Å²) in [5, 5.41) is 0.758. The number of piperazine rings is 1. The van der Waals surface area contributed by atoms with E-state index in [-0.39, 0.29) is 5.91 Å². The van der Waals surface area contributed by atoms with E-state index in [4.69, 9.17) is 22.2 Å². The number of benzene rings is 2. The fraction of sp³-hybridized carbons (Fsp3) is 0.316. The summed E-state index contributed by atoms with van der Waals surface area (Å²) in [4.78, 5) is 16.4. The van der Waals surface area contributed by atoms with Crippen molar-refractivity contribution >= 4 is 55.1 Å². The number of halogens is 3. The lowest BCUT2D eigenvalue weighted by Gasteiger charge is -2.36. The van der Waals surface area contributed by atoms with Gasteiger partial charge in [-0.2, -0.15) is 0 Å². The number of nitrogen functional groups attached to an aromatic ring is 1. The summed E-state index contributed by atoms with van der Waals surface area (Å²) in [5.41, 5.74) is 3.78. The lowest BCUT2D eigenvalue weighted by Crippen LogP contribution is -2.47. The fourth-order valence-corrected chi connectivity index (χ4v) is 4.61. The first kappa shape index (κ1) is 21.4. The second-order valence-electron chi connectivity index (χ2n) is 6.40. The van der Waals surface area contributed by atoms with E-state index in [1.54, 1.807) is 12.1 Å². The van der Waals surface area contributed by atoms with Crippen LogP contribution in [0, 0.1) is 0 Å². The predicted molar refractivity (Wildman–Crippen MR) is 119 cm³/mol. The van der Waals surface area contributed by atoms with Gasteiger partial charge in [0.05, 0.1) is 8.95 Å². The van der Waals surface area contributed by atoms with Gasteiger partial charge in [-0.05, 0) is 68.3 Å². The molecule has 1 heterocycles. The lowest BCUT2D eigenvalue weighted by molar-refractivity contribution is 0.0953. The molecular formula is C19H21Br2ClN4O2. The topological polar surface area (TPSA) is 70.8 Å². The van der Waals surface area contributed by atoms with Crippen LogP contribution in [0.5, 0.6) is 5.75 Å². The Balaban J connectivity index is 1.48. The van der Waals surface area contributed by atoms with Crippen LogP contribution in [0.4, 0.5) is 5.69 Å². The molecular weight excluding hydrogens is 511 g/mol. The SMILES string of the molecule is NNC(=O)c1cc(Br)c(OCCN2CCN(c3ccc(Cl)cc3)CC2)c(Br)c1. The number of nitrogens with zero attached hydrogens (tertiary/aromatic N) is 2. The molecule has 3 N–H and O–H groups in total. The largest absolute Gasteiger partial charge is 0.490 e. The molecule has 3 rings (SSSR count). The molecule has 0 atom stereocenters. The third kappa shape index (κ3) is 5.39. The van der Waals surface area contributed by atoms with Crippen molar-refractivity contribution < 1.29 is 9.53 Å². The van der Waals surface area contributed by atoms with Crippen molar-refractivity contribution in [1.82, 2.24) is 10.3 Å². The zero-order valence-electron chi connectivity index (χ0n) is 15.1. The fourth-order valence-electron chi connectivity index (χ4n) is 3.07. The Bertz CT molecular complexity index is 804. The normalized spacial score (nSPS) is 14.8. The Labute approximate surface area is 186 Å². The Morgan fingerprint density at radius 1 is 1.11 bits per heavy atom. The smallest absolute Gasteiger partial charge is 0.265 e. The molecule has 2 aromatic carbocycles. The number of carbonyl (C=O) groups is 1. The minimum absolute atomic E-state index is 0.355. The first-order valence-corrected chi connectivity index (χ1v) is 10.8. The van der Waals surface area contributed by atoms with Gasteiger partial charge in [-0.1, -0.05) is 11.6 Å². The summed E-state index contributed by atoms with van der Waals surface area (Å²) in [6, 6.07) is 11.3. The Kier molecular flexibility index (Phi) is 7.59. The molecule has 0 aliphatic carbocycles. The van der Waals surface area contributed by atoms with Gasteiger partial charge in [-0.25, -0.2) is 5.84 Å². The highest BCUT2D eigenvalue weighted by atomic mass is 79.9. The number of ether oxygens (including phenoxy) is 1. The third-order valence-corrected chi connectivity index (χ3v) is 6.04. The van der Waals surface area contributed by atoms with Gasteiger partial charge in [0.15, 0.2) is 0 Å². The number of carbonyl (C=O) groups excluding carboxylic acids is 1. The molecule has 0 bridgehead atoms. The first-order valence-electron chi connectivity index (χ1n) is 8.83. The molecule has 1 aliphatic rings. The molecule has 0 unspecified atom stereocenters. The van der Waals surface area contributed by atoms with Crippen LogP contribution in [0.25, 0.3) is 0 Å². The highest BCUT2D eigenvalue weighted by molar-refractivity contribution is 9.11. The van der Waals surface area contributed by atoms with Gasteiger partial charge >= 0.3 is 0 Å². The van der Waals surface area contributed by atoms with E-state index in [0.717, 1.165) is 37.7 Å². The number of amides is 1. The number of rotatable bonds is 6. The van der Waals surface area contributed by atoms with Gasteiger partial charge < -0.3 is 9.64 Å². The van der Waals surface area contributed by atoms with Crippen molar-refractivity contribution in [3.8, 4) is 5.75 Å². The summed E-state index contributed by atoms with van der Waals surface area (Å²) in [6.45, 7) is 5.28. The first-order chi connectivity index (χ1) is 13.5. The van der Waals surface area contributed by atoms with Crippen LogP contribution in [-0.2, 0) is 0 Å². The molecule has 9 heteroatoms. The van der Waals surface area contributed by atoms with E-state index in [9.17, 15) is 4.79 Å². The summed E-state index contributed by atoms with van der Waals surface area (Å²) in [6.07, 6.45) is 0. The number of nitrogens with one attached hydrogen (secondary N) is 1. The molecule has 0 radical (unpaired) electrons. The van der Waals surface area contributed by atoms with Crippen molar-refractivity contribution in [1.29, 1.82) is 0 Å². The molecule has 1 saturated heterocycles. The Hall–Kier alpha value is -1.32. The number of hydrazine groups is 1. The van der Waals surface area contributed by atoms with Crippen molar-refractivity contribution in [2.24, 2.45) is 5.84 Å². The zero-order valence-corrected chi connectivity index (χ0v) is 19.1. The van der Waals surface area contributed by atoms with Gasteiger partial charge in [-0.15, -0.1) is 0 Å². The standard InChI is InChI=1S/C19H21Br2ClN4O2/c20-16-11-13(19(27)24-23)12-17(21)18(16)28-10-9-25-5-7-26(8-6-25)15-3-1-14(22)2-4-15/h1-4,11-12H,5-10,23H2,(H,24,27). The van der Waals surface area contributed by atoms with Crippen LogP contribution >= 0.6 is 43.5 Å². The van der Waals surface area contributed by atoms with Crippen molar-refractivity contribution in [2.75, 3.05) is 44.2 Å². The van der Waals surface area contributed by atoms with E-state index in [2.05, 4.69) is 59.2 Å². The Morgan fingerprint density at radius 2 is 1.71 bits per heavy atom. The summed E-state index contributed by atoms with van der Waals surface area (Å²) in [7, 11) is 0. The molecule has 28 heavy (non-hydrogen) atoms. The zero-order chi connectivity index (χ0) is 20.1. The maximum atomic E-state index is 11.7. The van der Waals surface area contributed by atoms with Crippen LogP contribution in [-0.4, -0.2) is 50.1 Å². The monoisotopic (exact) mass is 530 g/mol. The van der Waals surface area contributed by atoms with Crippen LogP contribution in [0.1, 0.15) is 10.4 Å². The quantitative estimate of drug-likeness (QED) is 0.338. The van der Waals surface area contributed by atoms with E-state index in [1.807, 2.05) is 12.1 Å². The molecule has 0 spiro atoms. The van der Waals surface area contributed by atoms with Gasteiger partial charge in [0, 0.05) is 49.0 Å². The average molecular weight is 533 g/mol. The summed E-state index contributed by atoms with van der Waals surface area (Å²) in [5.74, 6) is 5.50. The molecule has 1 aliphatic heterocycles. The van der Waals surface area contributed by atoms with E-state index in [1.165, 1.54) is 5.69 Å².